The van der Waals surface area contributed by atoms with Crippen LogP contribution in [0, 0.1) is 6.92 Å². The van der Waals surface area contributed by atoms with Crippen molar-refractivity contribution in [1.82, 2.24) is 4.98 Å². The number of hydrogen-bond acceptors (Lipinski definition) is 5. The van der Waals surface area contributed by atoms with E-state index in [9.17, 15) is 8.42 Å². The summed E-state index contributed by atoms with van der Waals surface area (Å²) in [7, 11) is -3.71. The summed E-state index contributed by atoms with van der Waals surface area (Å²) in [4.78, 5) is 3.98. The van der Waals surface area contributed by atoms with Crippen LogP contribution in [0.5, 0.6) is 0 Å². The van der Waals surface area contributed by atoms with E-state index in [1.807, 2.05) is 0 Å². The van der Waals surface area contributed by atoms with Crippen molar-refractivity contribution in [3.8, 4) is 0 Å². The lowest BCUT2D eigenvalue weighted by atomic mass is 10.3. The molecule has 0 aliphatic rings. The molecule has 7 heteroatoms. The molecule has 0 aliphatic carbocycles. The van der Waals surface area contributed by atoms with Gasteiger partial charge in [-0.2, -0.15) is 0 Å². The van der Waals surface area contributed by atoms with Gasteiger partial charge in [-0.25, -0.2) is 8.42 Å². The van der Waals surface area contributed by atoms with Crippen LogP contribution in [0.15, 0.2) is 47.6 Å². The highest BCUT2D eigenvalue weighted by Gasteiger charge is 2.18. The van der Waals surface area contributed by atoms with Gasteiger partial charge in [0, 0.05) is 6.20 Å². The number of para-hydroxylation sites is 1. The van der Waals surface area contributed by atoms with Crippen molar-refractivity contribution >= 4 is 21.4 Å². The maximum absolute atomic E-state index is 12.3. The van der Waals surface area contributed by atoms with Gasteiger partial charge in [-0.3, -0.25) is 15.5 Å². The van der Waals surface area contributed by atoms with Gasteiger partial charge in [0.2, 0.25) is 0 Å². The summed E-state index contributed by atoms with van der Waals surface area (Å²) in [6.45, 7) is 1.80. The zero-order chi connectivity index (χ0) is 13.9. The SMILES string of the molecule is Cc1ccncc1NS(=O)(=O)c1ccccc1NN. The fourth-order valence-corrected chi connectivity index (χ4v) is 2.88. The van der Waals surface area contributed by atoms with Crippen LogP contribution in [0.2, 0.25) is 0 Å². The molecule has 1 aromatic carbocycles. The molecule has 0 fully saturated rings. The van der Waals surface area contributed by atoms with E-state index < -0.39 is 10.0 Å². The number of aromatic nitrogens is 1. The Morgan fingerprint density at radius 2 is 1.89 bits per heavy atom. The summed E-state index contributed by atoms with van der Waals surface area (Å²) in [6.07, 6.45) is 3.06. The Balaban J connectivity index is 2.41. The molecule has 19 heavy (non-hydrogen) atoms. The minimum Gasteiger partial charge on any atom is -0.323 e. The van der Waals surface area contributed by atoms with E-state index >= 15 is 0 Å². The highest BCUT2D eigenvalue weighted by molar-refractivity contribution is 7.92. The standard InChI is InChI=1S/C12H14N4O2S/c1-9-6-7-14-8-11(9)16-19(17,18)12-5-3-2-4-10(12)15-13/h2-8,15-16H,13H2,1H3. The molecule has 0 spiro atoms. The first-order valence-corrected chi connectivity index (χ1v) is 7.02. The van der Waals surface area contributed by atoms with Gasteiger partial charge in [-0.15, -0.1) is 0 Å². The van der Waals surface area contributed by atoms with E-state index in [0.717, 1.165) is 5.56 Å². The number of benzene rings is 1. The van der Waals surface area contributed by atoms with Crippen LogP contribution in [0.25, 0.3) is 0 Å². The number of anilines is 2. The molecule has 4 N–H and O–H groups in total. The minimum atomic E-state index is -3.71. The number of sulfonamides is 1. The number of nitrogens with one attached hydrogen (secondary N) is 2. The van der Waals surface area contributed by atoms with E-state index in [0.29, 0.717) is 11.4 Å². The lowest BCUT2D eigenvalue weighted by Crippen LogP contribution is -2.18. The van der Waals surface area contributed by atoms with Crippen molar-refractivity contribution in [3.63, 3.8) is 0 Å². The number of nitrogens with two attached hydrogens (primary N) is 1. The second-order valence-corrected chi connectivity index (χ2v) is 5.59. The zero-order valence-electron chi connectivity index (χ0n) is 10.3. The van der Waals surface area contributed by atoms with Gasteiger partial charge in [0.15, 0.2) is 0 Å². The minimum absolute atomic E-state index is 0.0840. The first-order chi connectivity index (χ1) is 9.04. The van der Waals surface area contributed by atoms with Crippen LogP contribution in [0.4, 0.5) is 11.4 Å². The summed E-state index contributed by atoms with van der Waals surface area (Å²) in [5.41, 5.74) is 3.93. The summed E-state index contributed by atoms with van der Waals surface area (Å²) in [5.74, 6) is 5.32. The number of aryl methyl sites for hydroxylation is 1. The molecule has 0 unspecified atom stereocenters. The monoisotopic (exact) mass is 278 g/mol. The van der Waals surface area contributed by atoms with Crippen molar-refractivity contribution in [1.29, 1.82) is 0 Å². The normalized spacial score (nSPS) is 11.1. The molecule has 0 bridgehead atoms. The van der Waals surface area contributed by atoms with Crippen LogP contribution in [-0.4, -0.2) is 13.4 Å². The number of pyridine rings is 1. The molecule has 2 aromatic rings. The summed E-state index contributed by atoms with van der Waals surface area (Å²) in [6, 6.07) is 8.12. The van der Waals surface area contributed by atoms with E-state index in [1.165, 1.54) is 12.3 Å². The Bertz CT molecular complexity index is 686. The quantitative estimate of drug-likeness (QED) is 0.581. The van der Waals surface area contributed by atoms with Crippen LogP contribution < -0.4 is 16.0 Å². The van der Waals surface area contributed by atoms with Crippen molar-refractivity contribution in [2.24, 2.45) is 5.84 Å². The molecule has 0 aliphatic heterocycles. The Morgan fingerprint density at radius 3 is 2.58 bits per heavy atom. The van der Waals surface area contributed by atoms with Crippen LogP contribution in [0.1, 0.15) is 5.56 Å². The number of hydrogen-bond donors (Lipinski definition) is 3. The predicted octanol–water partition coefficient (Wildman–Crippen LogP) is 1.48. The highest BCUT2D eigenvalue weighted by Crippen LogP contribution is 2.23. The van der Waals surface area contributed by atoms with Crippen LogP contribution in [-0.2, 0) is 10.0 Å². The van der Waals surface area contributed by atoms with Gasteiger partial charge in [0.05, 0.1) is 17.6 Å². The first-order valence-electron chi connectivity index (χ1n) is 5.53. The maximum atomic E-state index is 12.3. The molecule has 0 atom stereocenters. The Hall–Kier alpha value is -2.12. The Labute approximate surface area is 111 Å². The lowest BCUT2D eigenvalue weighted by Gasteiger charge is -2.12. The average Bonchev–Trinajstić information content (AvgIpc) is 2.41. The molecule has 100 valence electrons. The molecule has 0 amide bonds. The van der Waals surface area contributed by atoms with Crippen LogP contribution in [0.3, 0.4) is 0 Å². The fraction of sp³-hybridized carbons (Fsp3) is 0.0833. The zero-order valence-corrected chi connectivity index (χ0v) is 11.1. The van der Waals surface area contributed by atoms with Gasteiger partial charge in [-0.05, 0) is 30.7 Å². The van der Waals surface area contributed by atoms with Crippen molar-refractivity contribution in [3.05, 3.63) is 48.3 Å². The Kier molecular flexibility index (Phi) is 3.68. The molecule has 2 rings (SSSR count). The number of nitrogen functional groups attached to an aromatic ring is 1. The van der Waals surface area contributed by atoms with Crippen molar-refractivity contribution < 1.29 is 8.42 Å². The van der Waals surface area contributed by atoms with Crippen molar-refractivity contribution in [2.75, 3.05) is 10.1 Å². The topological polar surface area (TPSA) is 97.1 Å². The van der Waals surface area contributed by atoms with Gasteiger partial charge in [0.25, 0.3) is 10.0 Å². The number of hydrazine groups is 1. The second kappa shape index (κ2) is 5.25. The molecule has 6 nitrogen and oxygen atoms in total. The van der Waals surface area contributed by atoms with E-state index in [1.54, 1.807) is 37.4 Å². The lowest BCUT2D eigenvalue weighted by molar-refractivity contribution is 0.601. The average molecular weight is 278 g/mol. The summed E-state index contributed by atoms with van der Waals surface area (Å²) in [5, 5.41) is 0. The number of rotatable bonds is 4. The largest absolute Gasteiger partial charge is 0.323 e. The molecular weight excluding hydrogens is 264 g/mol. The second-order valence-electron chi connectivity index (χ2n) is 3.94. The summed E-state index contributed by atoms with van der Waals surface area (Å²) < 4.78 is 27.1. The molecule has 1 heterocycles. The third kappa shape index (κ3) is 2.83. The van der Waals surface area contributed by atoms with Gasteiger partial charge >= 0.3 is 0 Å². The fourth-order valence-electron chi connectivity index (χ4n) is 1.59. The van der Waals surface area contributed by atoms with Crippen molar-refractivity contribution in [2.45, 2.75) is 11.8 Å². The molecule has 0 saturated heterocycles. The third-order valence-electron chi connectivity index (χ3n) is 2.62. The van der Waals surface area contributed by atoms with Crippen LogP contribution >= 0.6 is 0 Å². The van der Waals surface area contributed by atoms with E-state index in [4.69, 9.17) is 5.84 Å². The highest BCUT2D eigenvalue weighted by atomic mass is 32.2. The first kappa shape index (κ1) is 13.3. The Morgan fingerprint density at radius 1 is 1.16 bits per heavy atom. The van der Waals surface area contributed by atoms with Gasteiger partial charge < -0.3 is 5.43 Å². The predicted molar refractivity (Wildman–Crippen MR) is 74.0 cm³/mol. The molecular formula is C12H14N4O2S. The van der Waals surface area contributed by atoms with Gasteiger partial charge in [0.1, 0.15) is 4.90 Å². The number of nitrogens with zero attached hydrogens (tertiary/aromatic N) is 1. The molecule has 1 aromatic heterocycles. The van der Waals surface area contributed by atoms with E-state index in [2.05, 4.69) is 15.1 Å². The smallest absolute Gasteiger partial charge is 0.264 e. The van der Waals surface area contributed by atoms with E-state index in [-0.39, 0.29) is 4.90 Å². The summed E-state index contributed by atoms with van der Waals surface area (Å²) >= 11 is 0. The molecule has 0 saturated carbocycles. The molecule has 0 radical (unpaired) electrons. The maximum Gasteiger partial charge on any atom is 0.264 e. The van der Waals surface area contributed by atoms with Gasteiger partial charge in [-0.1, -0.05) is 12.1 Å². The third-order valence-corrected chi connectivity index (χ3v) is 4.04.